The molecule has 0 N–H and O–H groups in total. The first-order chi connectivity index (χ1) is 5.35. The smallest absolute Gasteiger partial charge is 0.146 e. The average molecular weight is 154 g/mol. The fraction of sp³-hybridized carbons (Fsp3) is 0.500. The number of rotatable bonds is 3. The molecule has 0 aromatic heterocycles. The summed E-state index contributed by atoms with van der Waals surface area (Å²) in [5.41, 5.74) is 0.841. The predicted octanol–water partition coefficient (Wildman–Crippen LogP) is 3.12. The number of hydrogen-bond donors (Lipinski definition) is 0. The Morgan fingerprint density at radius 3 is 2.18 bits per heavy atom. The molecular weight excluding hydrogens is 136 g/mol. The van der Waals surface area contributed by atoms with Crippen LogP contribution in [0.25, 0.3) is 0 Å². The Morgan fingerprint density at radius 2 is 1.91 bits per heavy atom. The van der Waals surface area contributed by atoms with Crippen molar-refractivity contribution in [1.82, 2.24) is 0 Å². The summed E-state index contributed by atoms with van der Waals surface area (Å²) in [6, 6.07) is 0. The summed E-state index contributed by atoms with van der Waals surface area (Å²) < 4.78 is 0. The maximum absolute atomic E-state index is 10.1. The van der Waals surface area contributed by atoms with Gasteiger partial charge in [0, 0.05) is 0 Å². The van der Waals surface area contributed by atoms with Crippen LogP contribution in [-0.2, 0) is 4.79 Å². The zero-order chi connectivity index (χ0) is 9.11. The second-order valence-electron chi connectivity index (χ2n) is 1.74. The molecule has 0 saturated heterocycles. The van der Waals surface area contributed by atoms with Gasteiger partial charge in [-0.2, -0.15) is 0 Å². The largest absolute Gasteiger partial charge is 0.298 e. The van der Waals surface area contributed by atoms with E-state index in [1.54, 1.807) is 0 Å². The molecule has 0 bridgehead atoms. The van der Waals surface area contributed by atoms with Gasteiger partial charge in [0.25, 0.3) is 0 Å². The zero-order valence-electron chi connectivity index (χ0n) is 7.92. The van der Waals surface area contributed by atoms with Crippen LogP contribution in [0.3, 0.4) is 0 Å². The quantitative estimate of drug-likeness (QED) is 0.347. The molecule has 0 rings (SSSR count). The molecule has 0 fully saturated rings. The van der Waals surface area contributed by atoms with Crippen molar-refractivity contribution >= 4 is 6.29 Å². The fourth-order valence-electron chi connectivity index (χ4n) is 0.460. The first-order valence-electron chi connectivity index (χ1n) is 4.12. The molecule has 1 nitrogen and oxygen atoms in total. The van der Waals surface area contributed by atoms with Gasteiger partial charge in [-0.3, -0.25) is 4.79 Å². The van der Waals surface area contributed by atoms with E-state index in [4.69, 9.17) is 0 Å². The lowest BCUT2D eigenvalue weighted by Gasteiger charge is -1.85. The van der Waals surface area contributed by atoms with Gasteiger partial charge >= 0.3 is 0 Å². The molecule has 0 aromatic rings. The van der Waals surface area contributed by atoms with Crippen LogP contribution >= 0.6 is 0 Å². The summed E-state index contributed by atoms with van der Waals surface area (Å²) in [7, 11) is 0. The van der Waals surface area contributed by atoms with Crippen molar-refractivity contribution in [2.75, 3.05) is 0 Å². The maximum atomic E-state index is 10.1. The van der Waals surface area contributed by atoms with E-state index in [-0.39, 0.29) is 0 Å². The van der Waals surface area contributed by atoms with Crippen LogP contribution in [0.4, 0.5) is 0 Å². The molecule has 0 radical (unpaired) electrons. The molecule has 0 aliphatic carbocycles. The van der Waals surface area contributed by atoms with Crippen molar-refractivity contribution in [2.24, 2.45) is 0 Å². The van der Waals surface area contributed by atoms with Gasteiger partial charge in [-0.15, -0.1) is 0 Å². The minimum absolute atomic E-state index is 0.813. The number of hydrogen-bond acceptors (Lipinski definition) is 1. The third-order valence-electron chi connectivity index (χ3n) is 1.06. The van der Waals surface area contributed by atoms with Crippen molar-refractivity contribution in [3.8, 4) is 0 Å². The lowest BCUT2D eigenvalue weighted by Crippen LogP contribution is -1.78. The Labute approximate surface area is 69.8 Å². The fourth-order valence-corrected chi connectivity index (χ4v) is 0.460. The second kappa shape index (κ2) is 11.9. The highest BCUT2D eigenvalue weighted by Crippen LogP contribution is 1.94. The molecule has 0 unspecified atom stereocenters. The van der Waals surface area contributed by atoms with Gasteiger partial charge in [-0.25, -0.2) is 0 Å². The van der Waals surface area contributed by atoms with Crippen LogP contribution in [0.1, 0.15) is 34.1 Å². The van der Waals surface area contributed by atoms with Crippen LogP contribution in [0.2, 0.25) is 0 Å². The van der Waals surface area contributed by atoms with Crippen LogP contribution in [-0.4, -0.2) is 6.29 Å². The molecule has 0 heterocycles. The van der Waals surface area contributed by atoms with Crippen LogP contribution in [0.15, 0.2) is 23.8 Å². The van der Waals surface area contributed by atoms with Crippen LogP contribution < -0.4 is 0 Å². The average Bonchev–Trinajstić information content (AvgIpc) is 2.10. The lowest BCUT2D eigenvalue weighted by molar-refractivity contribution is -0.105. The van der Waals surface area contributed by atoms with E-state index >= 15 is 0 Å². The lowest BCUT2D eigenvalue weighted by atomic mass is 10.2. The van der Waals surface area contributed by atoms with Crippen molar-refractivity contribution in [3.05, 3.63) is 23.8 Å². The van der Waals surface area contributed by atoms with Crippen LogP contribution in [0.5, 0.6) is 0 Å². The third-order valence-corrected chi connectivity index (χ3v) is 1.06. The molecule has 0 aliphatic rings. The highest BCUT2D eigenvalue weighted by atomic mass is 16.1. The van der Waals surface area contributed by atoms with Gasteiger partial charge in [-0.1, -0.05) is 39.0 Å². The summed E-state index contributed by atoms with van der Waals surface area (Å²) in [4.78, 5) is 10.1. The summed E-state index contributed by atoms with van der Waals surface area (Å²) in [6.07, 6.45) is 7.30. The van der Waals surface area contributed by atoms with Crippen molar-refractivity contribution < 1.29 is 4.79 Å². The SMILES string of the molecule is C/C=C\C=C(\C=O)CC.CC. The van der Waals surface area contributed by atoms with Gasteiger partial charge in [-0.05, 0) is 18.9 Å². The number of allylic oxidation sites excluding steroid dienone is 4. The molecule has 0 saturated carbocycles. The molecule has 1 heteroatoms. The second-order valence-corrected chi connectivity index (χ2v) is 1.74. The molecule has 0 spiro atoms. The topological polar surface area (TPSA) is 17.1 Å². The Balaban J connectivity index is 0. The molecule has 0 aromatic carbocycles. The molecule has 0 atom stereocenters. The third kappa shape index (κ3) is 9.15. The summed E-state index contributed by atoms with van der Waals surface area (Å²) in [5, 5.41) is 0. The molecular formula is C10H18O. The highest BCUT2D eigenvalue weighted by molar-refractivity contribution is 5.73. The molecule has 0 amide bonds. The Morgan fingerprint density at radius 1 is 1.36 bits per heavy atom. The van der Waals surface area contributed by atoms with Gasteiger partial charge in [0.05, 0.1) is 0 Å². The van der Waals surface area contributed by atoms with E-state index < -0.39 is 0 Å². The number of carbonyl (C=O) groups excluding carboxylic acids is 1. The van der Waals surface area contributed by atoms with E-state index in [0.717, 1.165) is 18.3 Å². The van der Waals surface area contributed by atoms with E-state index in [9.17, 15) is 4.79 Å². The monoisotopic (exact) mass is 154 g/mol. The van der Waals surface area contributed by atoms with E-state index in [0.29, 0.717) is 0 Å². The first-order valence-corrected chi connectivity index (χ1v) is 4.12. The van der Waals surface area contributed by atoms with E-state index in [1.165, 1.54) is 0 Å². The summed E-state index contributed by atoms with van der Waals surface area (Å²) in [5.74, 6) is 0. The van der Waals surface area contributed by atoms with Crippen molar-refractivity contribution in [1.29, 1.82) is 0 Å². The summed E-state index contributed by atoms with van der Waals surface area (Å²) >= 11 is 0. The Kier molecular flexibility index (Phi) is 13.8. The number of carbonyl (C=O) groups is 1. The normalized spacial score (nSPS) is 10.7. The van der Waals surface area contributed by atoms with Crippen LogP contribution in [0, 0.1) is 0 Å². The number of aldehydes is 1. The predicted molar refractivity (Wildman–Crippen MR) is 50.6 cm³/mol. The Bertz CT molecular complexity index is 132. The molecule has 11 heavy (non-hydrogen) atoms. The standard InChI is InChI=1S/C8H12O.C2H6/c1-3-5-6-8(4-2)7-9;1-2/h3,5-7H,4H2,1-2H3;1-2H3/b5-3-,8-6+;. The highest BCUT2D eigenvalue weighted by Gasteiger charge is 1.84. The first kappa shape index (κ1) is 12.8. The van der Waals surface area contributed by atoms with Crippen molar-refractivity contribution in [3.63, 3.8) is 0 Å². The maximum Gasteiger partial charge on any atom is 0.146 e. The minimum Gasteiger partial charge on any atom is -0.298 e. The summed E-state index contributed by atoms with van der Waals surface area (Å²) in [6.45, 7) is 7.89. The molecule has 0 aliphatic heterocycles. The van der Waals surface area contributed by atoms with E-state index in [2.05, 4.69) is 0 Å². The van der Waals surface area contributed by atoms with Gasteiger partial charge < -0.3 is 0 Å². The van der Waals surface area contributed by atoms with Gasteiger partial charge in [0.2, 0.25) is 0 Å². The van der Waals surface area contributed by atoms with Gasteiger partial charge in [0.1, 0.15) is 6.29 Å². The van der Waals surface area contributed by atoms with Crippen molar-refractivity contribution in [2.45, 2.75) is 34.1 Å². The Hall–Kier alpha value is -0.850. The minimum atomic E-state index is 0.813. The van der Waals surface area contributed by atoms with E-state index in [1.807, 2.05) is 45.9 Å². The zero-order valence-corrected chi connectivity index (χ0v) is 7.92. The molecule has 64 valence electrons. The van der Waals surface area contributed by atoms with Gasteiger partial charge in [0.15, 0.2) is 0 Å².